The van der Waals surface area contributed by atoms with Crippen molar-refractivity contribution in [3.63, 3.8) is 0 Å². The Morgan fingerprint density at radius 3 is 2.82 bits per heavy atom. The van der Waals surface area contributed by atoms with E-state index in [4.69, 9.17) is 9.15 Å². The van der Waals surface area contributed by atoms with Crippen LogP contribution in [0.15, 0.2) is 16.7 Å². The summed E-state index contributed by atoms with van der Waals surface area (Å²) >= 11 is 0. The molecule has 17 heavy (non-hydrogen) atoms. The fourth-order valence-electron chi connectivity index (χ4n) is 3.35. The maximum atomic E-state index is 6.18. The number of nitrogens with one attached hydrogen (secondary N) is 1. The molecule has 0 bridgehead atoms. The number of ether oxygens (including phenoxy) is 1. The van der Waals surface area contributed by atoms with Crippen LogP contribution in [0.25, 0.3) is 0 Å². The number of hydrogen-bond acceptors (Lipinski definition) is 3. The van der Waals surface area contributed by atoms with Crippen molar-refractivity contribution in [2.45, 2.75) is 50.7 Å². The minimum atomic E-state index is 0.0206. The molecule has 2 aliphatic rings. The lowest BCUT2D eigenvalue weighted by molar-refractivity contribution is -0.119. The number of morpholine rings is 1. The van der Waals surface area contributed by atoms with E-state index in [-0.39, 0.29) is 5.60 Å². The van der Waals surface area contributed by atoms with Crippen molar-refractivity contribution in [2.75, 3.05) is 13.2 Å². The summed E-state index contributed by atoms with van der Waals surface area (Å²) < 4.78 is 11.6. The van der Waals surface area contributed by atoms with Crippen LogP contribution in [-0.4, -0.2) is 18.8 Å². The third kappa shape index (κ3) is 2.02. The second-order valence-corrected chi connectivity index (χ2v) is 5.35. The second kappa shape index (κ2) is 4.46. The van der Waals surface area contributed by atoms with Gasteiger partial charge in [-0.25, -0.2) is 0 Å². The zero-order valence-corrected chi connectivity index (χ0v) is 10.5. The Balaban J connectivity index is 1.89. The molecule has 1 aromatic heterocycles. The van der Waals surface area contributed by atoms with E-state index in [0.29, 0.717) is 6.04 Å². The maximum Gasteiger partial charge on any atom is 0.101 e. The molecule has 0 amide bonds. The molecule has 1 aliphatic heterocycles. The molecule has 1 aromatic rings. The summed E-state index contributed by atoms with van der Waals surface area (Å²) in [5.41, 5.74) is 1.27. The molecule has 3 heteroatoms. The van der Waals surface area contributed by atoms with Gasteiger partial charge in [-0.15, -0.1) is 0 Å². The Bertz CT molecular complexity index is 371. The van der Waals surface area contributed by atoms with Crippen LogP contribution in [-0.2, 0) is 4.74 Å². The largest absolute Gasteiger partial charge is 0.469 e. The summed E-state index contributed by atoms with van der Waals surface area (Å²) in [6.07, 6.45) is 8.16. The highest BCUT2D eigenvalue weighted by Gasteiger charge is 2.44. The van der Waals surface area contributed by atoms with E-state index in [1.165, 1.54) is 37.7 Å². The van der Waals surface area contributed by atoms with Gasteiger partial charge in [0.25, 0.3) is 0 Å². The van der Waals surface area contributed by atoms with Gasteiger partial charge < -0.3 is 14.5 Å². The second-order valence-electron chi connectivity index (χ2n) is 5.35. The van der Waals surface area contributed by atoms with E-state index >= 15 is 0 Å². The van der Waals surface area contributed by atoms with Crippen molar-refractivity contribution in [3.8, 4) is 0 Å². The van der Waals surface area contributed by atoms with Gasteiger partial charge in [-0.3, -0.25) is 0 Å². The quantitative estimate of drug-likeness (QED) is 0.812. The average molecular weight is 235 g/mol. The van der Waals surface area contributed by atoms with Gasteiger partial charge in [-0.1, -0.05) is 19.3 Å². The predicted molar refractivity (Wildman–Crippen MR) is 66.0 cm³/mol. The van der Waals surface area contributed by atoms with Gasteiger partial charge in [0.1, 0.15) is 5.76 Å². The van der Waals surface area contributed by atoms with Gasteiger partial charge in [0.2, 0.25) is 0 Å². The summed E-state index contributed by atoms with van der Waals surface area (Å²) in [6.45, 7) is 3.78. The highest BCUT2D eigenvalue weighted by Crippen LogP contribution is 2.43. The maximum absolute atomic E-state index is 6.18. The number of furan rings is 1. The topological polar surface area (TPSA) is 34.4 Å². The van der Waals surface area contributed by atoms with Crippen LogP contribution >= 0.6 is 0 Å². The number of rotatable bonds is 1. The van der Waals surface area contributed by atoms with Crippen molar-refractivity contribution in [1.82, 2.24) is 5.32 Å². The molecule has 2 fully saturated rings. The van der Waals surface area contributed by atoms with E-state index in [1.54, 1.807) is 0 Å². The fourth-order valence-corrected chi connectivity index (χ4v) is 3.35. The SMILES string of the molecule is Cc1cc(C2NCCOC23CCCCC3)co1. The van der Waals surface area contributed by atoms with E-state index in [2.05, 4.69) is 11.4 Å². The van der Waals surface area contributed by atoms with Crippen LogP contribution in [0.5, 0.6) is 0 Å². The normalized spacial score (nSPS) is 28.4. The van der Waals surface area contributed by atoms with Crippen molar-refractivity contribution in [1.29, 1.82) is 0 Å². The Morgan fingerprint density at radius 1 is 1.29 bits per heavy atom. The van der Waals surface area contributed by atoms with E-state index in [9.17, 15) is 0 Å². The van der Waals surface area contributed by atoms with Crippen LogP contribution in [0.1, 0.15) is 49.5 Å². The summed E-state index contributed by atoms with van der Waals surface area (Å²) in [4.78, 5) is 0. The smallest absolute Gasteiger partial charge is 0.101 e. The molecule has 3 nitrogen and oxygen atoms in total. The monoisotopic (exact) mass is 235 g/mol. The van der Waals surface area contributed by atoms with Crippen molar-refractivity contribution >= 4 is 0 Å². The molecule has 1 spiro atoms. The molecule has 1 saturated heterocycles. The summed E-state index contributed by atoms with van der Waals surface area (Å²) in [5.74, 6) is 0.985. The van der Waals surface area contributed by atoms with Gasteiger partial charge in [0.15, 0.2) is 0 Å². The Morgan fingerprint density at radius 2 is 2.12 bits per heavy atom. The minimum Gasteiger partial charge on any atom is -0.469 e. The molecule has 3 rings (SSSR count). The van der Waals surface area contributed by atoms with Gasteiger partial charge in [-0.2, -0.15) is 0 Å². The first kappa shape index (κ1) is 11.3. The number of hydrogen-bond donors (Lipinski definition) is 1. The molecular formula is C14H21NO2. The van der Waals surface area contributed by atoms with Gasteiger partial charge in [0, 0.05) is 12.1 Å². The molecule has 1 atom stereocenters. The van der Waals surface area contributed by atoms with E-state index in [0.717, 1.165) is 18.9 Å². The molecule has 0 aromatic carbocycles. The molecule has 1 unspecified atom stereocenters. The zero-order valence-electron chi connectivity index (χ0n) is 10.5. The van der Waals surface area contributed by atoms with Crippen molar-refractivity contribution in [2.24, 2.45) is 0 Å². The van der Waals surface area contributed by atoms with E-state index < -0.39 is 0 Å². The Kier molecular flexibility index (Phi) is 2.97. The molecule has 1 saturated carbocycles. The molecule has 94 valence electrons. The first-order valence-electron chi connectivity index (χ1n) is 6.73. The van der Waals surface area contributed by atoms with Gasteiger partial charge in [0.05, 0.1) is 24.5 Å². The van der Waals surface area contributed by atoms with Crippen LogP contribution in [0.2, 0.25) is 0 Å². The average Bonchev–Trinajstić information content (AvgIpc) is 2.77. The standard InChI is InChI=1S/C14H21NO2/c1-11-9-12(10-16-11)13-14(17-8-7-15-13)5-3-2-4-6-14/h9-10,13,15H,2-8H2,1H3. The summed E-state index contributed by atoms with van der Waals surface area (Å²) in [6, 6.07) is 2.46. The lowest BCUT2D eigenvalue weighted by Crippen LogP contribution is -2.53. The van der Waals surface area contributed by atoms with Crippen molar-refractivity contribution in [3.05, 3.63) is 23.7 Å². The Labute approximate surface area is 103 Å². The minimum absolute atomic E-state index is 0.0206. The molecule has 0 radical (unpaired) electrons. The van der Waals surface area contributed by atoms with Crippen LogP contribution < -0.4 is 5.32 Å². The van der Waals surface area contributed by atoms with Crippen molar-refractivity contribution < 1.29 is 9.15 Å². The Hall–Kier alpha value is -0.800. The first-order valence-corrected chi connectivity index (χ1v) is 6.73. The third-order valence-electron chi connectivity index (χ3n) is 4.15. The van der Waals surface area contributed by atoms with Gasteiger partial charge in [-0.05, 0) is 25.8 Å². The lowest BCUT2D eigenvalue weighted by Gasteiger charge is -2.46. The fraction of sp³-hybridized carbons (Fsp3) is 0.714. The molecule has 2 heterocycles. The van der Waals surface area contributed by atoms with Crippen LogP contribution in [0.4, 0.5) is 0 Å². The molecule has 1 N–H and O–H groups in total. The third-order valence-corrected chi connectivity index (χ3v) is 4.15. The highest BCUT2D eigenvalue weighted by atomic mass is 16.5. The highest BCUT2D eigenvalue weighted by molar-refractivity contribution is 5.21. The first-order chi connectivity index (χ1) is 8.30. The molecule has 1 aliphatic carbocycles. The van der Waals surface area contributed by atoms with Crippen LogP contribution in [0.3, 0.4) is 0 Å². The van der Waals surface area contributed by atoms with E-state index in [1.807, 2.05) is 13.2 Å². The molecular weight excluding hydrogens is 214 g/mol. The summed E-state index contributed by atoms with van der Waals surface area (Å²) in [7, 11) is 0. The lowest BCUT2D eigenvalue weighted by atomic mass is 9.76. The van der Waals surface area contributed by atoms with Crippen LogP contribution in [0, 0.1) is 6.92 Å². The number of aryl methyl sites for hydroxylation is 1. The predicted octanol–water partition coefficient (Wildman–Crippen LogP) is 2.95. The summed E-state index contributed by atoms with van der Waals surface area (Å²) in [5, 5.41) is 3.62. The van der Waals surface area contributed by atoms with Gasteiger partial charge >= 0.3 is 0 Å². The zero-order chi connectivity index (χ0) is 11.7.